The predicted molar refractivity (Wildman–Crippen MR) is 133 cm³/mol. The molecule has 0 aliphatic heterocycles. The van der Waals surface area contributed by atoms with Crippen molar-refractivity contribution < 1.29 is 26.0 Å². The fourth-order valence-electron chi connectivity index (χ4n) is 4.62. The Balaban J connectivity index is 4.85. The third-order valence-corrected chi connectivity index (χ3v) is 13.4. The second kappa shape index (κ2) is 19.9. The predicted octanol–water partition coefficient (Wildman–Crippen LogP) is 10.2. The van der Waals surface area contributed by atoms with Crippen LogP contribution in [0.15, 0.2) is 0 Å². The fraction of sp³-hybridized carbons (Fsp3) is 1.00. The van der Waals surface area contributed by atoms with Gasteiger partial charge in [0.2, 0.25) is 0 Å². The van der Waals surface area contributed by atoms with Crippen molar-refractivity contribution in [3.05, 3.63) is 0 Å². The Kier molecular flexibility index (Phi) is 20.1. The van der Waals surface area contributed by atoms with Crippen LogP contribution in [0.4, 0.5) is 0 Å². The number of hydrogen-bond donors (Lipinski definition) is 0. The topological polar surface area (TPSA) is 35.5 Å². The van der Waals surface area contributed by atoms with Gasteiger partial charge in [-0.2, -0.15) is 0 Å². The van der Waals surface area contributed by atoms with Crippen LogP contribution < -0.4 is 0 Å². The van der Waals surface area contributed by atoms with Crippen LogP contribution in [0.5, 0.6) is 0 Å². The third kappa shape index (κ3) is 17.6. The van der Waals surface area contributed by atoms with Crippen LogP contribution >= 0.6 is 0 Å². The molecule has 0 spiro atoms. The zero-order valence-corrected chi connectivity index (χ0v) is 23.7. The molecule has 0 rings (SSSR count). The van der Waals surface area contributed by atoms with Crippen LogP contribution in [0, 0.1) is 0 Å². The molecule has 0 aromatic rings. The standard InChI is InChI=1S/C8H17O.2C8H17.C3H7O.O.Ti/c1-2-3-4-5-6-7-8-9;2*1-3-5-7-8-6-4-2;1-3(2)4;;/h2-8H2,1H3;2*1,3-8H2,2H3;3H,1-2H3;;/q-1;;;-1;;+2. The van der Waals surface area contributed by atoms with Crippen LogP contribution in [0.1, 0.15) is 150 Å². The maximum absolute atomic E-state index is 14.5. The Morgan fingerprint density at radius 2 is 0.903 bits per heavy atom. The van der Waals surface area contributed by atoms with Gasteiger partial charge in [-0.1, -0.05) is 0 Å². The van der Waals surface area contributed by atoms with Crippen LogP contribution in [0.2, 0.25) is 9.45 Å². The molecule has 0 heterocycles. The van der Waals surface area contributed by atoms with Gasteiger partial charge in [-0.25, -0.2) is 0 Å². The molecule has 0 saturated carbocycles. The normalized spacial score (nSPS) is 12.7. The van der Waals surface area contributed by atoms with E-state index in [2.05, 4.69) is 20.8 Å². The van der Waals surface area contributed by atoms with Gasteiger partial charge in [-0.15, -0.1) is 0 Å². The first-order valence-corrected chi connectivity index (χ1v) is 18.2. The summed E-state index contributed by atoms with van der Waals surface area (Å²) in [5, 5.41) is 0. The molecule has 0 amide bonds. The van der Waals surface area contributed by atoms with Crippen LogP contribution in [-0.2, 0) is 26.0 Å². The summed E-state index contributed by atoms with van der Waals surface area (Å²) in [6.07, 6.45) is 21.8. The molecule has 0 aliphatic carbocycles. The van der Waals surface area contributed by atoms with Crippen molar-refractivity contribution in [2.45, 2.75) is 166 Å². The second-order valence-corrected chi connectivity index (χ2v) is 16.8. The van der Waals surface area contributed by atoms with Crippen molar-refractivity contribution in [3.8, 4) is 0 Å². The van der Waals surface area contributed by atoms with Gasteiger partial charge in [-0.3, -0.25) is 0 Å². The first-order valence-electron chi connectivity index (χ1n) is 14.1. The summed E-state index contributed by atoms with van der Waals surface area (Å²) in [5.41, 5.74) is 0. The van der Waals surface area contributed by atoms with Gasteiger partial charge >= 0.3 is 198 Å². The Morgan fingerprint density at radius 3 is 1.29 bits per heavy atom. The van der Waals surface area contributed by atoms with Crippen molar-refractivity contribution in [2.75, 3.05) is 6.61 Å². The summed E-state index contributed by atoms with van der Waals surface area (Å²) < 4.78 is 28.6. The van der Waals surface area contributed by atoms with Crippen LogP contribution in [0.3, 0.4) is 0 Å². The maximum atomic E-state index is 14.5. The molecule has 3 nitrogen and oxygen atoms in total. The van der Waals surface area contributed by atoms with Gasteiger partial charge in [0, 0.05) is 0 Å². The molecule has 0 saturated heterocycles. The van der Waals surface area contributed by atoms with Crippen molar-refractivity contribution in [1.82, 2.24) is 0 Å². The van der Waals surface area contributed by atoms with E-state index in [0.717, 1.165) is 32.1 Å². The Labute approximate surface area is 198 Å². The number of rotatable bonds is 24. The van der Waals surface area contributed by atoms with Gasteiger partial charge < -0.3 is 0 Å². The van der Waals surface area contributed by atoms with Gasteiger partial charge in [-0.05, 0) is 0 Å². The SMILES string of the molecule is CCCCCCCC[O][Ti](=[O])([CH2]CCCCCCC)([CH2]CCCCCCC)[O]C(C)C. The van der Waals surface area contributed by atoms with Gasteiger partial charge in [0.15, 0.2) is 0 Å². The van der Waals surface area contributed by atoms with E-state index in [0.29, 0.717) is 16.1 Å². The number of unbranched alkanes of at least 4 members (excludes halogenated alkanes) is 15. The van der Waals surface area contributed by atoms with Gasteiger partial charge in [0.05, 0.1) is 0 Å². The third-order valence-electron chi connectivity index (χ3n) is 6.45. The van der Waals surface area contributed by atoms with Crippen molar-refractivity contribution in [3.63, 3.8) is 0 Å². The molecule has 31 heavy (non-hydrogen) atoms. The van der Waals surface area contributed by atoms with Crippen molar-refractivity contribution in [2.24, 2.45) is 0 Å². The summed E-state index contributed by atoms with van der Waals surface area (Å²) in [6, 6.07) is 0. The zero-order valence-electron chi connectivity index (χ0n) is 22.2. The quantitative estimate of drug-likeness (QED) is 0.102. The molecule has 188 valence electrons. The molecule has 0 aromatic carbocycles. The molecule has 4 heteroatoms. The monoisotopic (exact) mass is 478 g/mol. The van der Waals surface area contributed by atoms with Crippen LogP contribution in [0.25, 0.3) is 0 Å². The van der Waals surface area contributed by atoms with E-state index in [-0.39, 0.29) is 6.10 Å². The summed E-state index contributed by atoms with van der Waals surface area (Å²) in [6.45, 7) is 11.4. The van der Waals surface area contributed by atoms with Gasteiger partial charge in [0.1, 0.15) is 0 Å². The van der Waals surface area contributed by atoms with Crippen molar-refractivity contribution in [1.29, 1.82) is 0 Å². The molecule has 0 aromatic heterocycles. The summed E-state index contributed by atoms with van der Waals surface area (Å²) in [5.74, 6) is 0. The number of hydrogen-bond acceptors (Lipinski definition) is 3. The van der Waals surface area contributed by atoms with E-state index >= 15 is 0 Å². The summed E-state index contributed by atoms with van der Waals surface area (Å²) in [7, 11) is 0. The fourth-order valence-corrected chi connectivity index (χ4v) is 11.4. The molecule has 0 unspecified atom stereocenters. The summed E-state index contributed by atoms with van der Waals surface area (Å²) >= 11 is -4.64. The van der Waals surface area contributed by atoms with E-state index in [1.807, 2.05) is 13.8 Å². The minimum atomic E-state index is -4.64. The Morgan fingerprint density at radius 1 is 0.548 bits per heavy atom. The molecular weight excluding hydrogens is 420 g/mol. The zero-order chi connectivity index (χ0) is 23.3. The first-order chi connectivity index (χ1) is 14.9. The molecule has 0 radical (unpaired) electrons. The van der Waals surface area contributed by atoms with E-state index in [4.69, 9.17) is 6.64 Å². The van der Waals surface area contributed by atoms with E-state index < -0.39 is 16.1 Å². The first kappa shape index (κ1) is 31.4. The Hall–Kier alpha value is 0.434. The van der Waals surface area contributed by atoms with E-state index in [1.165, 1.54) is 83.5 Å². The molecule has 0 fully saturated rings. The van der Waals surface area contributed by atoms with E-state index in [1.54, 1.807) is 0 Å². The molecule has 0 bridgehead atoms. The molecule has 0 atom stereocenters. The molecule has 0 aliphatic rings. The Bertz CT molecular complexity index is 428. The van der Waals surface area contributed by atoms with Gasteiger partial charge in [0.25, 0.3) is 0 Å². The molecule has 0 N–H and O–H groups in total. The van der Waals surface area contributed by atoms with Crippen molar-refractivity contribution >= 4 is 0 Å². The summed E-state index contributed by atoms with van der Waals surface area (Å²) in [4.78, 5) is 0. The minimum absolute atomic E-state index is 0.0285. The van der Waals surface area contributed by atoms with E-state index in [9.17, 15) is 3.32 Å². The second-order valence-electron chi connectivity index (χ2n) is 10.2. The average molecular weight is 479 g/mol. The molecular formula is C27H58O3Ti. The van der Waals surface area contributed by atoms with Crippen LogP contribution in [-0.4, -0.2) is 12.7 Å². The average Bonchev–Trinajstić information content (AvgIpc) is 2.72.